The molecular formula is C16H13F2N3. The van der Waals surface area contributed by atoms with Gasteiger partial charge >= 0.3 is 0 Å². The van der Waals surface area contributed by atoms with E-state index in [2.05, 4.69) is 15.3 Å². The average Bonchev–Trinajstić information content (AvgIpc) is 2.48. The van der Waals surface area contributed by atoms with Gasteiger partial charge in [-0.05, 0) is 42.3 Å². The summed E-state index contributed by atoms with van der Waals surface area (Å²) >= 11 is 0. The molecule has 0 aliphatic heterocycles. The van der Waals surface area contributed by atoms with Crippen LogP contribution in [0.15, 0.2) is 42.7 Å². The van der Waals surface area contributed by atoms with Crippen molar-refractivity contribution in [2.45, 2.75) is 13.5 Å². The van der Waals surface area contributed by atoms with Crippen LogP contribution >= 0.6 is 0 Å². The number of rotatable bonds is 3. The second kappa shape index (κ2) is 5.44. The first-order chi connectivity index (χ1) is 10.1. The standard InChI is InChI=1S/C16H13F2N3/c1-10-6-11(2-4-14(10)18)8-19-16-13-7-12(17)3-5-15(13)20-9-21-16/h2-7,9H,8H2,1H3,(H,19,20,21). The average molecular weight is 285 g/mol. The van der Waals surface area contributed by atoms with Gasteiger partial charge in [0.1, 0.15) is 23.8 Å². The molecular weight excluding hydrogens is 272 g/mol. The first-order valence-corrected chi connectivity index (χ1v) is 6.52. The van der Waals surface area contributed by atoms with Crippen LogP contribution in [0.3, 0.4) is 0 Å². The topological polar surface area (TPSA) is 37.8 Å². The highest BCUT2D eigenvalue weighted by atomic mass is 19.1. The van der Waals surface area contributed by atoms with Crippen molar-refractivity contribution in [2.75, 3.05) is 5.32 Å². The lowest BCUT2D eigenvalue weighted by Gasteiger charge is -2.09. The molecule has 106 valence electrons. The molecule has 0 aliphatic rings. The van der Waals surface area contributed by atoms with Gasteiger partial charge in [0.15, 0.2) is 0 Å². The van der Waals surface area contributed by atoms with Gasteiger partial charge in [-0.25, -0.2) is 18.7 Å². The maximum Gasteiger partial charge on any atom is 0.137 e. The minimum atomic E-state index is -0.335. The Bertz CT molecular complexity index is 803. The Hall–Kier alpha value is -2.56. The van der Waals surface area contributed by atoms with Crippen LogP contribution in [0.1, 0.15) is 11.1 Å². The molecule has 1 heterocycles. The summed E-state index contributed by atoms with van der Waals surface area (Å²) in [6.07, 6.45) is 1.43. The molecule has 3 rings (SSSR count). The minimum Gasteiger partial charge on any atom is -0.365 e. The van der Waals surface area contributed by atoms with Crippen molar-refractivity contribution in [3.05, 3.63) is 65.5 Å². The van der Waals surface area contributed by atoms with E-state index in [-0.39, 0.29) is 11.6 Å². The van der Waals surface area contributed by atoms with Crippen LogP contribution in [-0.2, 0) is 6.54 Å². The zero-order valence-corrected chi connectivity index (χ0v) is 11.4. The molecule has 0 spiro atoms. The molecule has 0 atom stereocenters. The zero-order valence-electron chi connectivity index (χ0n) is 11.4. The Morgan fingerprint density at radius 2 is 1.90 bits per heavy atom. The first kappa shape index (κ1) is 13.4. The molecule has 0 fully saturated rings. The molecule has 0 saturated heterocycles. The Morgan fingerprint density at radius 3 is 2.71 bits per heavy atom. The van der Waals surface area contributed by atoms with Crippen molar-refractivity contribution >= 4 is 16.7 Å². The second-order valence-electron chi connectivity index (χ2n) is 4.82. The summed E-state index contributed by atoms with van der Waals surface area (Å²) in [6.45, 7) is 2.19. The monoisotopic (exact) mass is 285 g/mol. The zero-order chi connectivity index (χ0) is 14.8. The van der Waals surface area contributed by atoms with Crippen LogP contribution in [0, 0.1) is 18.6 Å². The normalized spacial score (nSPS) is 10.8. The van der Waals surface area contributed by atoms with Gasteiger partial charge in [-0.3, -0.25) is 0 Å². The maximum absolute atomic E-state index is 13.4. The largest absolute Gasteiger partial charge is 0.365 e. The summed E-state index contributed by atoms with van der Waals surface area (Å²) in [5.74, 6) is -0.00670. The van der Waals surface area contributed by atoms with Crippen molar-refractivity contribution in [2.24, 2.45) is 0 Å². The van der Waals surface area contributed by atoms with E-state index >= 15 is 0 Å². The molecule has 3 nitrogen and oxygen atoms in total. The van der Waals surface area contributed by atoms with Crippen molar-refractivity contribution < 1.29 is 8.78 Å². The molecule has 0 amide bonds. The number of hydrogen-bond acceptors (Lipinski definition) is 3. The highest BCUT2D eigenvalue weighted by molar-refractivity contribution is 5.88. The quantitative estimate of drug-likeness (QED) is 0.794. The van der Waals surface area contributed by atoms with E-state index in [4.69, 9.17) is 0 Å². The second-order valence-corrected chi connectivity index (χ2v) is 4.82. The van der Waals surface area contributed by atoms with Gasteiger partial charge < -0.3 is 5.32 Å². The number of nitrogens with zero attached hydrogens (tertiary/aromatic N) is 2. The van der Waals surface area contributed by atoms with Crippen LogP contribution in [0.5, 0.6) is 0 Å². The van der Waals surface area contributed by atoms with Crippen LogP contribution in [0.2, 0.25) is 0 Å². The minimum absolute atomic E-state index is 0.228. The summed E-state index contributed by atoms with van der Waals surface area (Å²) in [7, 11) is 0. The first-order valence-electron chi connectivity index (χ1n) is 6.52. The molecule has 0 bridgehead atoms. The summed E-state index contributed by atoms with van der Waals surface area (Å²) in [5.41, 5.74) is 2.19. The Kier molecular flexibility index (Phi) is 3.48. The molecule has 2 aromatic carbocycles. The van der Waals surface area contributed by atoms with E-state index in [9.17, 15) is 8.78 Å². The lowest BCUT2D eigenvalue weighted by Crippen LogP contribution is -2.03. The van der Waals surface area contributed by atoms with Crippen LogP contribution in [0.25, 0.3) is 10.9 Å². The molecule has 1 aromatic heterocycles. The van der Waals surface area contributed by atoms with Crippen LogP contribution in [-0.4, -0.2) is 9.97 Å². The van der Waals surface area contributed by atoms with Gasteiger partial charge in [-0.1, -0.05) is 12.1 Å². The SMILES string of the molecule is Cc1cc(CNc2ncnc3ccc(F)cc23)ccc1F. The van der Waals surface area contributed by atoms with Gasteiger partial charge in [-0.15, -0.1) is 0 Å². The molecule has 3 aromatic rings. The maximum atomic E-state index is 13.4. The van der Waals surface area contributed by atoms with Gasteiger partial charge in [0.25, 0.3) is 0 Å². The number of aryl methyl sites for hydroxylation is 1. The highest BCUT2D eigenvalue weighted by Gasteiger charge is 2.05. The number of aromatic nitrogens is 2. The molecule has 0 unspecified atom stereocenters. The van der Waals surface area contributed by atoms with Crippen molar-refractivity contribution in [3.8, 4) is 0 Å². The third-order valence-corrected chi connectivity index (χ3v) is 3.28. The predicted octanol–water partition coefficient (Wildman–Crippen LogP) is 3.83. The summed E-state index contributed by atoms with van der Waals surface area (Å²) in [4.78, 5) is 8.24. The fraction of sp³-hybridized carbons (Fsp3) is 0.125. The van der Waals surface area contributed by atoms with E-state index in [1.54, 1.807) is 25.1 Å². The fourth-order valence-corrected chi connectivity index (χ4v) is 2.17. The van der Waals surface area contributed by atoms with E-state index in [0.29, 0.717) is 28.8 Å². The number of halogens is 2. The van der Waals surface area contributed by atoms with Gasteiger partial charge in [0, 0.05) is 11.9 Å². The number of hydrogen-bond donors (Lipinski definition) is 1. The molecule has 0 aliphatic carbocycles. The Morgan fingerprint density at radius 1 is 1.05 bits per heavy atom. The molecule has 0 radical (unpaired) electrons. The lowest BCUT2D eigenvalue weighted by molar-refractivity contribution is 0.617. The van der Waals surface area contributed by atoms with Gasteiger partial charge in [0.05, 0.1) is 5.52 Å². The molecule has 5 heteroatoms. The Labute approximate surface area is 120 Å². The smallest absolute Gasteiger partial charge is 0.137 e. The van der Waals surface area contributed by atoms with E-state index < -0.39 is 0 Å². The van der Waals surface area contributed by atoms with Gasteiger partial charge in [0.2, 0.25) is 0 Å². The lowest BCUT2D eigenvalue weighted by atomic mass is 10.1. The van der Waals surface area contributed by atoms with Crippen LogP contribution < -0.4 is 5.32 Å². The fourth-order valence-electron chi connectivity index (χ4n) is 2.17. The predicted molar refractivity (Wildman–Crippen MR) is 78.0 cm³/mol. The Balaban J connectivity index is 1.88. The van der Waals surface area contributed by atoms with E-state index in [1.165, 1.54) is 24.5 Å². The third-order valence-electron chi connectivity index (χ3n) is 3.28. The molecule has 0 saturated carbocycles. The van der Waals surface area contributed by atoms with E-state index in [0.717, 1.165) is 5.56 Å². The number of fused-ring (bicyclic) bond motifs is 1. The molecule has 1 N–H and O–H groups in total. The highest BCUT2D eigenvalue weighted by Crippen LogP contribution is 2.21. The van der Waals surface area contributed by atoms with Crippen LogP contribution in [0.4, 0.5) is 14.6 Å². The van der Waals surface area contributed by atoms with Crippen molar-refractivity contribution in [3.63, 3.8) is 0 Å². The van der Waals surface area contributed by atoms with Crippen molar-refractivity contribution in [1.29, 1.82) is 0 Å². The summed E-state index contributed by atoms with van der Waals surface area (Å²) < 4.78 is 26.6. The number of nitrogens with one attached hydrogen (secondary N) is 1. The van der Waals surface area contributed by atoms with E-state index in [1.807, 2.05) is 0 Å². The van der Waals surface area contributed by atoms with Gasteiger partial charge in [-0.2, -0.15) is 0 Å². The number of benzene rings is 2. The summed E-state index contributed by atoms with van der Waals surface area (Å²) in [5, 5.41) is 3.76. The summed E-state index contributed by atoms with van der Waals surface area (Å²) in [6, 6.07) is 9.28. The number of anilines is 1. The third kappa shape index (κ3) is 2.81. The molecule has 21 heavy (non-hydrogen) atoms. The van der Waals surface area contributed by atoms with Crippen molar-refractivity contribution in [1.82, 2.24) is 9.97 Å².